The first kappa shape index (κ1) is 22.8. The Kier molecular flexibility index (Phi) is 6.92. The third-order valence-corrected chi connectivity index (χ3v) is 6.84. The van der Waals surface area contributed by atoms with Gasteiger partial charge in [-0.05, 0) is 18.2 Å². The second-order valence-electron chi connectivity index (χ2n) is 6.78. The van der Waals surface area contributed by atoms with Crippen LogP contribution in [-0.2, 0) is 12.3 Å². The van der Waals surface area contributed by atoms with E-state index in [4.69, 9.17) is 22.4 Å². The Morgan fingerprint density at radius 3 is 2.58 bits per heavy atom. The van der Waals surface area contributed by atoms with E-state index >= 15 is 0 Å². The molecule has 0 amide bonds. The van der Waals surface area contributed by atoms with Crippen LogP contribution in [0.4, 0.5) is 5.82 Å². The number of aliphatic hydroxyl groups excluding tert-OH is 1. The van der Waals surface area contributed by atoms with Gasteiger partial charge in [-0.3, -0.25) is 4.68 Å². The number of aromatic nitrogens is 4. The maximum absolute atomic E-state index is 9.90. The predicted molar refractivity (Wildman–Crippen MR) is 129 cm³/mol. The largest absolute Gasteiger partial charge is 0.394 e. The van der Waals surface area contributed by atoms with Crippen LogP contribution in [-0.4, -0.2) is 31.5 Å². The van der Waals surface area contributed by atoms with Crippen LogP contribution in [0.2, 0.25) is 5.02 Å². The van der Waals surface area contributed by atoms with E-state index in [-0.39, 0.29) is 23.6 Å². The van der Waals surface area contributed by atoms with Crippen molar-refractivity contribution in [1.82, 2.24) is 19.7 Å². The Morgan fingerprint density at radius 1 is 1.12 bits per heavy atom. The molecule has 164 valence electrons. The van der Waals surface area contributed by atoms with Gasteiger partial charge < -0.3 is 10.8 Å². The molecule has 11 heteroatoms. The summed E-state index contributed by atoms with van der Waals surface area (Å²) in [5, 5.41) is 36.9. The van der Waals surface area contributed by atoms with Gasteiger partial charge in [-0.1, -0.05) is 35.5 Å². The number of hydrogen-bond donors (Lipinski definition) is 2. The second-order valence-corrected chi connectivity index (χ2v) is 9.04. The quantitative estimate of drug-likeness (QED) is 0.363. The van der Waals surface area contributed by atoms with Crippen molar-refractivity contribution in [2.24, 2.45) is 0 Å². The van der Waals surface area contributed by atoms with Crippen molar-refractivity contribution in [3.8, 4) is 34.0 Å². The molecule has 1 aromatic carbocycles. The fraction of sp³-hybridized carbons (Fsp3) is 0.136. The molecule has 0 aliphatic rings. The molecule has 4 aromatic rings. The van der Waals surface area contributed by atoms with Gasteiger partial charge >= 0.3 is 0 Å². The SMILES string of the molecule is N#Cc1c(N)nc(SCc2csc(-c3ccc(Cl)cc3)n2)c(C#N)c1-c1ccn(CCO)n1. The number of nitrogen functional groups attached to an aromatic ring is 1. The van der Waals surface area contributed by atoms with Crippen molar-refractivity contribution >= 4 is 40.5 Å². The summed E-state index contributed by atoms with van der Waals surface area (Å²) in [4.78, 5) is 8.98. The average molecular weight is 494 g/mol. The smallest absolute Gasteiger partial charge is 0.143 e. The van der Waals surface area contributed by atoms with Crippen LogP contribution >= 0.6 is 34.7 Å². The van der Waals surface area contributed by atoms with Crippen LogP contribution in [0, 0.1) is 22.7 Å². The molecule has 0 radical (unpaired) electrons. The van der Waals surface area contributed by atoms with Gasteiger partial charge in [-0.2, -0.15) is 15.6 Å². The van der Waals surface area contributed by atoms with Crippen LogP contribution in [0.15, 0.2) is 46.9 Å². The molecule has 0 spiro atoms. The molecule has 0 aliphatic heterocycles. The maximum atomic E-state index is 9.90. The van der Waals surface area contributed by atoms with Gasteiger partial charge in [0.05, 0.1) is 30.1 Å². The maximum Gasteiger partial charge on any atom is 0.143 e. The molecular weight excluding hydrogens is 478 g/mol. The number of nitrogens with two attached hydrogens (primary N) is 1. The highest BCUT2D eigenvalue weighted by Crippen LogP contribution is 2.36. The van der Waals surface area contributed by atoms with Gasteiger partial charge in [-0.15, -0.1) is 11.3 Å². The number of nitrogens with zero attached hydrogens (tertiary/aromatic N) is 6. The molecular formula is C22H16ClN7OS2. The van der Waals surface area contributed by atoms with Crippen molar-refractivity contribution in [2.45, 2.75) is 17.3 Å². The summed E-state index contributed by atoms with van der Waals surface area (Å²) in [5.41, 5.74) is 8.96. The summed E-state index contributed by atoms with van der Waals surface area (Å²) in [5.74, 6) is 0.501. The van der Waals surface area contributed by atoms with Gasteiger partial charge in [-0.25, -0.2) is 9.97 Å². The van der Waals surface area contributed by atoms with Crippen LogP contribution in [0.5, 0.6) is 0 Å². The lowest BCUT2D eigenvalue weighted by Gasteiger charge is -2.11. The zero-order valence-corrected chi connectivity index (χ0v) is 19.5. The number of benzene rings is 1. The highest BCUT2D eigenvalue weighted by Gasteiger charge is 2.22. The lowest BCUT2D eigenvalue weighted by atomic mass is 10.0. The molecule has 3 N–H and O–H groups in total. The van der Waals surface area contributed by atoms with Gasteiger partial charge in [0.2, 0.25) is 0 Å². The van der Waals surface area contributed by atoms with E-state index in [1.807, 2.05) is 35.7 Å². The zero-order valence-electron chi connectivity index (χ0n) is 17.1. The molecule has 0 aliphatic carbocycles. The zero-order chi connectivity index (χ0) is 23.4. The Labute approximate surface area is 202 Å². The van der Waals surface area contributed by atoms with E-state index in [2.05, 4.69) is 21.1 Å². The summed E-state index contributed by atoms with van der Waals surface area (Å²) in [6.45, 7) is 0.217. The van der Waals surface area contributed by atoms with E-state index < -0.39 is 0 Å². The van der Waals surface area contributed by atoms with E-state index in [0.717, 1.165) is 16.3 Å². The van der Waals surface area contributed by atoms with E-state index in [0.29, 0.717) is 33.6 Å². The van der Waals surface area contributed by atoms with E-state index in [1.54, 1.807) is 12.3 Å². The summed E-state index contributed by atoms with van der Waals surface area (Å²) in [7, 11) is 0. The standard InChI is InChI=1S/C22H16ClN7OS2/c23-14-3-1-13(2-4-14)21-27-15(11-32-21)12-33-22-17(10-25)19(16(9-24)20(26)28-22)18-5-6-30(29-18)7-8-31/h1-6,11,31H,7-8,12H2,(H2,26,28). The normalized spacial score (nSPS) is 10.7. The number of nitriles is 2. The van der Waals surface area contributed by atoms with Crippen molar-refractivity contribution in [2.75, 3.05) is 12.3 Å². The van der Waals surface area contributed by atoms with Crippen LogP contribution in [0.25, 0.3) is 21.8 Å². The minimum Gasteiger partial charge on any atom is -0.394 e. The number of rotatable bonds is 7. The Morgan fingerprint density at radius 2 is 1.88 bits per heavy atom. The van der Waals surface area contributed by atoms with Crippen LogP contribution in [0.1, 0.15) is 16.8 Å². The Hall–Kier alpha value is -3.41. The summed E-state index contributed by atoms with van der Waals surface area (Å²) < 4.78 is 1.54. The fourth-order valence-corrected chi connectivity index (χ4v) is 5.07. The van der Waals surface area contributed by atoms with E-state index in [9.17, 15) is 10.5 Å². The number of aliphatic hydroxyl groups is 1. The molecule has 0 saturated carbocycles. The predicted octanol–water partition coefficient (Wildman–Crippen LogP) is 4.33. The number of hydrogen-bond acceptors (Lipinski definition) is 9. The first-order valence-corrected chi connectivity index (χ1v) is 11.9. The number of thioether (sulfide) groups is 1. The molecule has 0 saturated heterocycles. The monoisotopic (exact) mass is 493 g/mol. The van der Waals surface area contributed by atoms with Gasteiger partial charge in [0, 0.05) is 33.5 Å². The molecule has 4 rings (SSSR count). The molecule has 0 bridgehead atoms. The first-order chi connectivity index (χ1) is 16.0. The van der Waals surface area contributed by atoms with Gasteiger partial charge in [0.25, 0.3) is 0 Å². The molecule has 8 nitrogen and oxygen atoms in total. The topological polar surface area (TPSA) is 137 Å². The molecule has 3 aromatic heterocycles. The van der Waals surface area contributed by atoms with E-state index in [1.165, 1.54) is 27.8 Å². The number of anilines is 1. The summed E-state index contributed by atoms with van der Waals surface area (Å²) in [6, 6.07) is 13.3. The number of halogens is 1. The fourth-order valence-electron chi connectivity index (χ4n) is 3.12. The molecule has 0 fully saturated rings. The lowest BCUT2D eigenvalue weighted by molar-refractivity contribution is 0.269. The average Bonchev–Trinajstić information content (AvgIpc) is 3.48. The molecule has 0 atom stereocenters. The molecule has 3 heterocycles. The minimum atomic E-state index is -0.0808. The third-order valence-electron chi connectivity index (χ3n) is 4.64. The summed E-state index contributed by atoms with van der Waals surface area (Å²) in [6.07, 6.45) is 1.67. The Balaban J connectivity index is 1.64. The van der Waals surface area contributed by atoms with Gasteiger partial charge in [0.15, 0.2) is 0 Å². The number of thiazole rings is 1. The van der Waals surface area contributed by atoms with Crippen molar-refractivity contribution in [3.05, 3.63) is 63.8 Å². The second kappa shape index (κ2) is 10.0. The van der Waals surface area contributed by atoms with Crippen molar-refractivity contribution in [1.29, 1.82) is 10.5 Å². The van der Waals surface area contributed by atoms with Crippen molar-refractivity contribution in [3.63, 3.8) is 0 Å². The highest BCUT2D eigenvalue weighted by molar-refractivity contribution is 7.98. The number of pyridine rings is 1. The third kappa shape index (κ3) is 4.85. The van der Waals surface area contributed by atoms with Crippen LogP contribution < -0.4 is 5.73 Å². The van der Waals surface area contributed by atoms with Crippen LogP contribution in [0.3, 0.4) is 0 Å². The lowest BCUT2D eigenvalue weighted by Crippen LogP contribution is -2.05. The minimum absolute atomic E-state index is 0.0332. The first-order valence-electron chi connectivity index (χ1n) is 9.65. The molecule has 0 unspecified atom stereocenters. The molecule has 33 heavy (non-hydrogen) atoms. The summed E-state index contributed by atoms with van der Waals surface area (Å²) >= 11 is 8.79. The van der Waals surface area contributed by atoms with Crippen molar-refractivity contribution < 1.29 is 5.11 Å². The van der Waals surface area contributed by atoms with Gasteiger partial charge in [0.1, 0.15) is 33.6 Å². The Bertz CT molecular complexity index is 1380. The highest BCUT2D eigenvalue weighted by atomic mass is 35.5.